The molecule has 0 saturated carbocycles. The molecule has 7 heteroatoms. The van der Waals surface area contributed by atoms with Gasteiger partial charge in [-0.1, -0.05) is 6.07 Å². The quantitative estimate of drug-likeness (QED) is 0.707. The largest absolute Gasteiger partial charge is 0.354 e. The van der Waals surface area contributed by atoms with Gasteiger partial charge < -0.3 is 9.80 Å². The standard InChI is InChI=1S/C20H25N7/c1-15-12-20(27-19(22-15)11-16(2)23-27)26-13-17(14-26)24-7-9-25(10-8-24)18-5-3-4-6-21-18/h3-6,11-12,17H,7-10,13-14H2,1-2H3. The van der Waals surface area contributed by atoms with Crippen LogP contribution in [0.3, 0.4) is 0 Å². The average molecular weight is 363 g/mol. The molecule has 0 bridgehead atoms. The Morgan fingerprint density at radius 2 is 1.74 bits per heavy atom. The molecule has 0 unspecified atom stereocenters. The van der Waals surface area contributed by atoms with Crippen LogP contribution < -0.4 is 9.80 Å². The molecule has 0 N–H and O–H groups in total. The van der Waals surface area contributed by atoms with Crippen LogP contribution in [0, 0.1) is 13.8 Å². The summed E-state index contributed by atoms with van der Waals surface area (Å²) >= 11 is 0. The maximum atomic E-state index is 4.62. The highest BCUT2D eigenvalue weighted by atomic mass is 15.4. The minimum Gasteiger partial charge on any atom is -0.354 e. The summed E-state index contributed by atoms with van der Waals surface area (Å²) in [5.41, 5.74) is 3.00. The fraction of sp³-hybridized carbons (Fsp3) is 0.450. The van der Waals surface area contributed by atoms with Crippen LogP contribution >= 0.6 is 0 Å². The van der Waals surface area contributed by atoms with Gasteiger partial charge in [-0.05, 0) is 26.0 Å². The van der Waals surface area contributed by atoms with Crippen LogP contribution in [0.5, 0.6) is 0 Å². The van der Waals surface area contributed by atoms with Gasteiger partial charge in [0.25, 0.3) is 0 Å². The molecular weight excluding hydrogens is 338 g/mol. The maximum absolute atomic E-state index is 4.62. The van der Waals surface area contributed by atoms with Gasteiger partial charge >= 0.3 is 0 Å². The lowest BCUT2D eigenvalue weighted by molar-refractivity contribution is 0.156. The summed E-state index contributed by atoms with van der Waals surface area (Å²) in [4.78, 5) is 16.5. The molecule has 3 aromatic heterocycles. The molecule has 27 heavy (non-hydrogen) atoms. The molecule has 5 heterocycles. The smallest absolute Gasteiger partial charge is 0.157 e. The third kappa shape index (κ3) is 3.02. The van der Waals surface area contributed by atoms with Gasteiger partial charge in [-0.15, -0.1) is 0 Å². The fourth-order valence-corrected chi connectivity index (χ4v) is 4.15. The Morgan fingerprint density at radius 1 is 0.926 bits per heavy atom. The number of hydrogen-bond donors (Lipinski definition) is 0. The zero-order chi connectivity index (χ0) is 18.4. The first-order valence-corrected chi connectivity index (χ1v) is 9.66. The number of anilines is 2. The second kappa shape index (κ2) is 6.49. The molecular formula is C20H25N7. The summed E-state index contributed by atoms with van der Waals surface area (Å²) in [7, 11) is 0. The molecule has 0 aliphatic carbocycles. The first-order chi connectivity index (χ1) is 13.2. The number of nitrogens with zero attached hydrogens (tertiary/aromatic N) is 7. The molecule has 2 aliphatic rings. The monoisotopic (exact) mass is 363 g/mol. The van der Waals surface area contributed by atoms with Gasteiger partial charge in [0.15, 0.2) is 5.65 Å². The predicted octanol–water partition coefficient (Wildman–Crippen LogP) is 1.75. The van der Waals surface area contributed by atoms with Crippen LogP contribution in [0.2, 0.25) is 0 Å². The van der Waals surface area contributed by atoms with E-state index in [1.807, 2.05) is 29.8 Å². The topological polar surface area (TPSA) is 52.8 Å². The summed E-state index contributed by atoms with van der Waals surface area (Å²) in [6.45, 7) is 10.5. The van der Waals surface area contributed by atoms with Crippen molar-refractivity contribution in [1.29, 1.82) is 0 Å². The van der Waals surface area contributed by atoms with Crippen molar-refractivity contribution in [2.45, 2.75) is 19.9 Å². The van der Waals surface area contributed by atoms with Crippen molar-refractivity contribution in [2.24, 2.45) is 0 Å². The second-order valence-corrected chi connectivity index (χ2v) is 7.58. The molecule has 0 atom stereocenters. The van der Waals surface area contributed by atoms with Crippen molar-refractivity contribution >= 4 is 17.3 Å². The van der Waals surface area contributed by atoms with E-state index in [-0.39, 0.29) is 0 Å². The van der Waals surface area contributed by atoms with E-state index in [1.54, 1.807) is 0 Å². The van der Waals surface area contributed by atoms with Crippen molar-refractivity contribution in [3.8, 4) is 0 Å². The predicted molar refractivity (Wildman–Crippen MR) is 106 cm³/mol. The minimum atomic E-state index is 0.621. The van der Waals surface area contributed by atoms with E-state index >= 15 is 0 Å². The highest BCUT2D eigenvalue weighted by Crippen LogP contribution is 2.26. The zero-order valence-electron chi connectivity index (χ0n) is 15.9. The first kappa shape index (κ1) is 16.5. The Labute approximate surface area is 159 Å². The Kier molecular flexibility index (Phi) is 3.97. The van der Waals surface area contributed by atoms with E-state index in [2.05, 4.69) is 54.9 Å². The number of aryl methyl sites for hydroxylation is 2. The molecule has 0 spiro atoms. The number of rotatable bonds is 3. The van der Waals surface area contributed by atoms with Crippen LogP contribution in [0.25, 0.3) is 5.65 Å². The van der Waals surface area contributed by atoms with E-state index in [1.165, 1.54) is 0 Å². The highest BCUT2D eigenvalue weighted by molar-refractivity contribution is 5.53. The van der Waals surface area contributed by atoms with Gasteiger partial charge in [0.05, 0.1) is 5.69 Å². The lowest BCUT2D eigenvalue weighted by atomic mass is 10.1. The fourth-order valence-electron chi connectivity index (χ4n) is 4.15. The molecule has 2 saturated heterocycles. The number of fused-ring (bicyclic) bond motifs is 1. The zero-order valence-corrected chi connectivity index (χ0v) is 15.9. The van der Waals surface area contributed by atoms with E-state index in [9.17, 15) is 0 Å². The van der Waals surface area contributed by atoms with Crippen molar-refractivity contribution < 1.29 is 0 Å². The van der Waals surface area contributed by atoms with Crippen LogP contribution in [0.1, 0.15) is 11.4 Å². The lowest BCUT2D eigenvalue weighted by Gasteiger charge is -2.49. The summed E-state index contributed by atoms with van der Waals surface area (Å²) in [6, 6.07) is 11.0. The first-order valence-electron chi connectivity index (χ1n) is 9.66. The maximum Gasteiger partial charge on any atom is 0.157 e. The average Bonchev–Trinajstić information content (AvgIpc) is 3.02. The lowest BCUT2D eigenvalue weighted by Crippen LogP contribution is -2.63. The van der Waals surface area contributed by atoms with Crippen LogP contribution in [-0.4, -0.2) is 69.8 Å². The van der Waals surface area contributed by atoms with Crippen molar-refractivity contribution in [3.63, 3.8) is 0 Å². The van der Waals surface area contributed by atoms with Gasteiger partial charge in [-0.3, -0.25) is 4.90 Å². The summed E-state index contributed by atoms with van der Waals surface area (Å²) < 4.78 is 1.98. The van der Waals surface area contributed by atoms with E-state index in [0.717, 1.165) is 67.9 Å². The van der Waals surface area contributed by atoms with Gasteiger partial charge in [0.1, 0.15) is 11.6 Å². The van der Waals surface area contributed by atoms with Crippen molar-refractivity contribution in [1.82, 2.24) is 24.5 Å². The molecule has 0 aromatic carbocycles. The number of pyridine rings is 1. The third-order valence-corrected chi connectivity index (χ3v) is 5.65. The number of piperazine rings is 1. The Hall–Kier alpha value is -2.67. The van der Waals surface area contributed by atoms with Crippen LogP contribution in [0.4, 0.5) is 11.6 Å². The molecule has 3 aromatic rings. The normalized spacial score (nSPS) is 18.9. The third-order valence-electron chi connectivity index (χ3n) is 5.65. The molecule has 7 nitrogen and oxygen atoms in total. The number of hydrogen-bond acceptors (Lipinski definition) is 6. The second-order valence-electron chi connectivity index (χ2n) is 7.58. The summed E-state index contributed by atoms with van der Waals surface area (Å²) in [5, 5.41) is 4.62. The SMILES string of the molecule is Cc1cc(N2CC(N3CCN(c4ccccn4)CC3)C2)n2nc(C)cc2n1. The van der Waals surface area contributed by atoms with Crippen molar-refractivity contribution in [3.05, 3.63) is 47.9 Å². The Morgan fingerprint density at radius 3 is 2.48 bits per heavy atom. The van der Waals surface area contributed by atoms with Crippen LogP contribution in [-0.2, 0) is 0 Å². The van der Waals surface area contributed by atoms with Crippen molar-refractivity contribution in [2.75, 3.05) is 49.1 Å². The Bertz CT molecular complexity index is 938. The molecule has 2 aliphatic heterocycles. The van der Waals surface area contributed by atoms with Gasteiger partial charge in [0, 0.05) is 69.3 Å². The number of aromatic nitrogens is 4. The molecule has 140 valence electrons. The molecule has 0 amide bonds. The molecule has 0 radical (unpaired) electrons. The van der Waals surface area contributed by atoms with Gasteiger partial charge in [-0.25, -0.2) is 9.97 Å². The summed E-state index contributed by atoms with van der Waals surface area (Å²) in [5.74, 6) is 2.25. The van der Waals surface area contributed by atoms with Gasteiger partial charge in [0.2, 0.25) is 0 Å². The summed E-state index contributed by atoms with van der Waals surface area (Å²) in [6.07, 6.45) is 1.87. The van der Waals surface area contributed by atoms with Crippen LogP contribution in [0.15, 0.2) is 36.5 Å². The van der Waals surface area contributed by atoms with E-state index < -0.39 is 0 Å². The van der Waals surface area contributed by atoms with Gasteiger partial charge in [-0.2, -0.15) is 9.61 Å². The molecule has 5 rings (SSSR count). The minimum absolute atomic E-state index is 0.621. The molecule has 2 fully saturated rings. The Balaban J connectivity index is 1.23. The van der Waals surface area contributed by atoms with E-state index in [0.29, 0.717) is 6.04 Å². The highest BCUT2D eigenvalue weighted by Gasteiger charge is 2.35. The van der Waals surface area contributed by atoms with E-state index in [4.69, 9.17) is 0 Å².